The van der Waals surface area contributed by atoms with Crippen molar-refractivity contribution in [1.82, 2.24) is 5.32 Å². The van der Waals surface area contributed by atoms with Gasteiger partial charge < -0.3 is 14.5 Å². The predicted octanol–water partition coefficient (Wildman–Crippen LogP) is 3.54. The lowest BCUT2D eigenvalue weighted by molar-refractivity contribution is -0.122. The lowest BCUT2D eigenvalue weighted by Gasteiger charge is -2.28. The summed E-state index contributed by atoms with van der Waals surface area (Å²) in [5.74, 6) is 1.38. The largest absolute Gasteiger partial charge is 0.467 e. The van der Waals surface area contributed by atoms with Crippen LogP contribution in [0.1, 0.15) is 12.7 Å². The van der Waals surface area contributed by atoms with Crippen LogP contribution in [0.2, 0.25) is 0 Å². The van der Waals surface area contributed by atoms with Gasteiger partial charge in [0.15, 0.2) is 0 Å². The molecule has 1 amide bonds. The van der Waals surface area contributed by atoms with E-state index >= 15 is 0 Å². The van der Waals surface area contributed by atoms with Crippen LogP contribution in [-0.2, 0) is 21.4 Å². The van der Waals surface area contributed by atoms with Crippen molar-refractivity contribution in [2.75, 3.05) is 10.6 Å². The van der Waals surface area contributed by atoms with Gasteiger partial charge in [-0.1, -0.05) is 18.2 Å². The summed E-state index contributed by atoms with van der Waals surface area (Å²) in [5, 5.41) is 2.69. The number of furan rings is 1. The first kappa shape index (κ1) is 20.5. The molecule has 8 heteroatoms. The SMILES string of the molecule is C[C@H](C(=O)NCc1ccco1)N(c1ccc(Oc2ccccc2)cc1)S(C)(=O)=O. The number of ether oxygens (including phenoxy) is 1. The monoisotopic (exact) mass is 414 g/mol. The Kier molecular flexibility index (Phi) is 6.23. The first-order chi connectivity index (χ1) is 13.8. The van der Waals surface area contributed by atoms with E-state index in [0.29, 0.717) is 22.9 Å². The highest BCUT2D eigenvalue weighted by Gasteiger charge is 2.29. The summed E-state index contributed by atoms with van der Waals surface area (Å²) in [4.78, 5) is 12.5. The molecule has 0 aliphatic heterocycles. The Bertz CT molecular complexity index is 1030. The van der Waals surface area contributed by atoms with Crippen molar-refractivity contribution in [1.29, 1.82) is 0 Å². The maximum atomic E-state index is 12.5. The van der Waals surface area contributed by atoms with Crippen LogP contribution in [0.5, 0.6) is 11.5 Å². The average Bonchev–Trinajstić information content (AvgIpc) is 3.21. The van der Waals surface area contributed by atoms with Crippen LogP contribution in [0.15, 0.2) is 77.4 Å². The summed E-state index contributed by atoms with van der Waals surface area (Å²) in [6.07, 6.45) is 2.57. The molecule has 0 saturated carbocycles. The number of hydrogen-bond donors (Lipinski definition) is 1. The van der Waals surface area contributed by atoms with E-state index < -0.39 is 22.0 Å². The number of rotatable bonds is 8. The first-order valence-electron chi connectivity index (χ1n) is 8.97. The zero-order valence-corrected chi connectivity index (χ0v) is 16.9. The third-order valence-electron chi connectivity index (χ3n) is 4.18. The highest BCUT2D eigenvalue weighted by atomic mass is 32.2. The smallest absolute Gasteiger partial charge is 0.243 e. The molecule has 3 rings (SSSR count). The van der Waals surface area contributed by atoms with Gasteiger partial charge in [0.1, 0.15) is 23.3 Å². The second-order valence-electron chi connectivity index (χ2n) is 6.44. The van der Waals surface area contributed by atoms with Gasteiger partial charge in [0, 0.05) is 0 Å². The third-order valence-corrected chi connectivity index (χ3v) is 5.42. The molecule has 3 aromatic rings. The Balaban J connectivity index is 1.75. The lowest BCUT2D eigenvalue weighted by Crippen LogP contribution is -2.47. The van der Waals surface area contributed by atoms with Gasteiger partial charge in [-0.05, 0) is 55.5 Å². The molecule has 152 valence electrons. The number of hydrogen-bond acceptors (Lipinski definition) is 5. The summed E-state index contributed by atoms with van der Waals surface area (Å²) in [7, 11) is -3.70. The van der Waals surface area contributed by atoms with Gasteiger partial charge in [0.25, 0.3) is 0 Å². The van der Waals surface area contributed by atoms with Crippen LogP contribution < -0.4 is 14.4 Å². The van der Waals surface area contributed by atoms with E-state index in [4.69, 9.17) is 9.15 Å². The van der Waals surface area contributed by atoms with Crippen LogP contribution in [0, 0.1) is 0 Å². The van der Waals surface area contributed by atoms with Crippen molar-refractivity contribution < 1.29 is 22.4 Å². The van der Waals surface area contributed by atoms with Gasteiger partial charge in [-0.15, -0.1) is 0 Å². The number of benzene rings is 2. The van der Waals surface area contributed by atoms with Gasteiger partial charge in [0.05, 0.1) is 24.8 Å². The second kappa shape index (κ2) is 8.83. The zero-order valence-electron chi connectivity index (χ0n) is 16.1. The fourth-order valence-corrected chi connectivity index (χ4v) is 4.00. The average molecular weight is 414 g/mol. The molecule has 1 N–H and O–H groups in total. The second-order valence-corrected chi connectivity index (χ2v) is 8.30. The molecular weight excluding hydrogens is 392 g/mol. The van der Waals surface area contributed by atoms with Gasteiger partial charge in [-0.3, -0.25) is 9.10 Å². The third kappa shape index (κ3) is 5.39. The Hall–Kier alpha value is -3.26. The minimum atomic E-state index is -3.70. The van der Waals surface area contributed by atoms with Gasteiger partial charge in [-0.25, -0.2) is 8.42 Å². The van der Waals surface area contributed by atoms with Crippen molar-refractivity contribution >= 4 is 21.6 Å². The van der Waals surface area contributed by atoms with Crippen molar-refractivity contribution in [2.45, 2.75) is 19.5 Å². The molecule has 2 aromatic carbocycles. The number of anilines is 1. The Morgan fingerprint density at radius 2 is 1.69 bits per heavy atom. The fourth-order valence-electron chi connectivity index (χ4n) is 2.83. The zero-order chi connectivity index (χ0) is 20.9. The van der Waals surface area contributed by atoms with Crippen LogP contribution >= 0.6 is 0 Å². The lowest BCUT2D eigenvalue weighted by atomic mass is 10.2. The number of nitrogens with zero attached hydrogens (tertiary/aromatic N) is 1. The number of carbonyl (C=O) groups excluding carboxylic acids is 1. The molecular formula is C21H22N2O5S. The number of sulfonamides is 1. The van der Waals surface area contributed by atoms with Crippen molar-refractivity contribution in [3.05, 3.63) is 78.8 Å². The summed E-state index contributed by atoms with van der Waals surface area (Å²) >= 11 is 0. The summed E-state index contributed by atoms with van der Waals surface area (Å²) < 4.78 is 36.8. The molecule has 0 aliphatic carbocycles. The molecule has 7 nitrogen and oxygen atoms in total. The highest BCUT2D eigenvalue weighted by Crippen LogP contribution is 2.26. The summed E-state index contributed by atoms with van der Waals surface area (Å²) in [6, 6.07) is 18.3. The van der Waals surface area contributed by atoms with Gasteiger partial charge in [-0.2, -0.15) is 0 Å². The molecule has 29 heavy (non-hydrogen) atoms. The first-order valence-corrected chi connectivity index (χ1v) is 10.8. The Labute approximate surface area is 170 Å². The molecule has 0 saturated heterocycles. The van der Waals surface area contributed by atoms with E-state index in [1.54, 1.807) is 36.4 Å². The molecule has 1 aromatic heterocycles. The van der Waals surface area contributed by atoms with Crippen molar-refractivity contribution in [2.24, 2.45) is 0 Å². The standard InChI is InChI=1S/C21H22N2O5S/c1-16(21(24)22-15-20-9-6-14-27-20)23(29(2,25)26)17-10-12-19(13-11-17)28-18-7-4-3-5-8-18/h3-14,16H,15H2,1-2H3,(H,22,24)/t16-/m1/s1. The van der Waals surface area contributed by atoms with Gasteiger partial charge in [0.2, 0.25) is 15.9 Å². The number of amides is 1. The van der Waals surface area contributed by atoms with Crippen LogP contribution in [-0.4, -0.2) is 26.6 Å². The minimum Gasteiger partial charge on any atom is -0.467 e. The highest BCUT2D eigenvalue weighted by molar-refractivity contribution is 7.92. The quantitative estimate of drug-likeness (QED) is 0.609. The Morgan fingerprint density at radius 3 is 2.28 bits per heavy atom. The number of carbonyl (C=O) groups is 1. The van der Waals surface area contributed by atoms with E-state index in [2.05, 4.69) is 5.32 Å². The Morgan fingerprint density at radius 1 is 1.03 bits per heavy atom. The minimum absolute atomic E-state index is 0.178. The molecule has 0 bridgehead atoms. The van der Waals surface area contributed by atoms with Gasteiger partial charge >= 0.3 is 0 Å². The van der Waals surface area contributed by atoms with Crippen LogP contribution in [0.25, 0.3) is 0 Å². The predicted molar refractivity (Wildman–Crippen MR) is 110 cm³/mol. The maximum Gasteiger partial charge on any atom is 0.243 e. The topological polar surface area (TPSA) is 88.8 Å². The van der Waals surface area contributed by atoms with E-state index in [9.17, 15) is 13.2 Å². The van der Waals surface area contributed by atoms with Crippen LogP contribution in [0.3, 0.4) is 0 Å². The molecule has 0 aliphatic rings. The normalized spacial score (nSPS) is 12.2. The molecule has 1 heterocycles. The fraction of sp³-hybridized carbons (Fsp3) is 0.190. The molecule has 0 fully saturated rings. The molecule has 0 spiro atoms. The number of nitrogens with one attached hydrogen (secondary N) is 1. The van der Waals surface area contributed by atoms with E-state index in [-0.39, 0.29) is 6.54 Å². The molecule has 1 atom stereocenters. The molecule has 0 radical (unpaired) electrons. The number of para-hydroxylation sites is 1. The van der Waals surface area contributed by atoms with Crippen LogP contribution in [0.4, 0.5) is 5.69 Å². The molecule has 0 unspecified atom stereocenters. The van der Waals surface area contributed by atoms with Crippen molar-refractivity contribution in [3.63, 3.8) is 0 Å². The van der Waals surface area contributed by atoms with E-state index in [1.165, 1.54) is 13.2 Å². The van der Waals surface area contributed by atoms with E-state index in [0.717, 1.165) is 10.6 Å². The summed E-state index contributed by atoms with van der Waals surface area (Å²) in [5.41, 5.74) is 0.369. The maximum absolute atomic E-state index is 12.5. The summed E-state index contributed by atoms with van der Waals surface area (Å²) in [6.45, 7) is 1.71. The van der Waals surface area contributed by atoms with E-state index in [1.807, 2.05) is 30.3 Å². The van der Waals surface area contributed by atoms with Crippen molar-refractivity contribution in [3.8, 4) is 11.5 Å².